The van der Waals surface area contributed by atoms with Crippen LogP contribution in [0.15, 0.2) is 6.20 Å². The zero-order valence-electron chi connectivity index (χ0n) is 9.73. The number of aromatic nitrogens is 3. The summed E-state index contributed by atoms with van der Waals surface area (Å²) in [5.74, 6) is 0.567. The molecule has 90 valence electrons. The van der Waals surface area contributed by atoms with E-state index in [1.54, 1.807) is 17.5 Å². The molecule has 0 aromatic carbocycles. The van der Waals surface area contributed by atoms with Crippen molar-refractivity contribution >= 4 is 17.2 Å². The number of rotatable bonds is 1. The number of ether oxygens (including phenoxy) is 1. The number of H-pyrrole nitrogens is 1. The Kier molecular flexibility index (Phi) is 2.41. The second kappa shape index (κ2) is 3.82. The molecule has 1 aliphatic heterocycles. The summed E-state index contributed by atoms with van der Waals surface area (Å²) < 4.78 is 5.79. The maximum absolute atomic E-state index is 5.81. The molecule has 17 heavy (non-hydrogen) atoms. The van der Waals surface area contributed by atoms with Crippen LogP contribution < -0.4 is 5.73 Å². The molecule has 0 radical (unpaired) electrons. The highest BCUT2D eigenvalue weighted by Gasteiger charge is 2.26. The van der Waals surface area contributed by atoms with Gasteiger partial charge in [-0.3, -0.25) is 5.10 Å². The van der Waals surface area contributed by atoms with Crippen molar-refractivity contribution in [2.24, 2.45) is 0 Å². The summed E-state index contributed by atoms with van der Waals surface area (Å²) in [6.45, 7) is 4.14. The molecule has 3 N–H and O–H groups in total. The Morgan fingerprint density at radius 3 is 3.06 bits per heavy atom. The molecule has 2 unspecified atom stereocenters. The van der Waals surface area contributed by atoms with Crippen molar-refractivity contribution in [1.29, 1.82) is 0 Å². The molecule has 2 atom stereocenters. The van der Waals surface area contributed by atoms with Crippen molar-refractivity contribution in [2.45, 2.75) is 32.5 Å². The fraction of sp³-hybridized carbons (Fsp3) is 0.455. The number of hydrogen-bond donors (Lipinski definition) is 2. The van der Waals surface area contributed by atoms with Gasteiger partial charge in [0.2, 0.25) is 0 Å². The number of anilines is 1. The predicted octanol–water partition coefficient (Wildman–Crippen LogP) is 2.14. The van der Waals surface area contributed by atoms with Crippen LogP contribution in [0.3, 0.4) is 0 Å². The molecule has 2 aromatic heterocycles. The van der Waals surface area contributed by atoms with Crippen LogP contribution in [0, 0.1) is 0 Å². The van der Waals surface area contributed by atoms with Crippen LogP contribution in [0.1, 0.15) is 30.5 Å². The third kappa shape index (κ3) is 1.73. The average molecular weight is 250 g/mol. The number of thiazole rings is 1. The van der Waals surface area contributed by atoms with E-state index in [9.17, 15) is 0 Å². The highest BCUT2D eigenvalue weighted by atomic mass is 32.1. The molecule has 6 heteroatoms. The van der Waals surface area contributed by atoms with Gasteiger partial charge in [-0.05, 0) is 13.8 Å². The molecule has 3 heterocycles. The second-order valence-corrected chi connectivity index (χ2v) is 5.35. The van der Waals surface area contributed by atoms with Crippen LogP contribution in [0.2, 0.25) is 0 Å². The molecule has 0 amide bonds. The number of fused-ring (bicyclic) bond motifs is 1. The van der Waals surface area contributed by atoms with Crippen LogP contribution in [-0.4, -0.2) is 21.3 Å². The Morgan fingerprint density at radius 2 is 2.35 bits per heavy atom. The molecule has 0 saturated carbocycles. The van der Waals surface area contributed by atoms with Gasteiger partial charge in [-0.2, -0.15) is 5.10 Å². The van der Waals surface area contributed by atoms with Gasteiger partial charge in [-0.25, -0.2) is 4.98 Å². The third-order valence-corrected chi connectivity index (χ3v) is 4.21. The standard InChI is InChI=1S/C11H14N4OS/c1-5-3-8-9(6(2)16-5)17-11(14-8)7-4-13-15-10(7)12/h4-6H,3H2,1-2H3,(H3,12,13,15). The molecule has 2 aromatic rings. The van der Waals surface area contributed by atoms with Gasteiger partial charge >= 0.3 is 0 Å². The fourth-order valence-electron chi connectivity index (χ4n) is 2.14. The van der Waals surface area contributed by atoms with Crippen molar-refractivity contribution < 1.29 is 4.74 Å². The van der Waals surface area contributed by atoms with Crippen molar-refractivity contribution in [1.82, 2.24) is 15.2 Å². The Morgan fingerprint density at radius 1 is 1.53 bits per heavy atom. The summed E-state index contributed by atoms with van der Waals surface area (Å²) in [7, 11) is 0. The number of nitrogens with two attached hydrogens (primary N) is 1. The van der Waals surface area contributed by atoms with Crippen molar-refractivity contribution in [2.75, 3.05) is 5.73 Å². The van der Waals surface area contributed by atoms with Gasteiger partial charge in [-0.15, -0.1) is 11.3 Å². The monoisotopic (exact) mass is 250 g/mol. The summed E-state index contributed by atoms with van der Waals surface area (Å²) in [6.07, 6.45) is 2.94. The van der Waals surface area contributed by atoms with Gasteiger partial charge in [0.25, 0.3) is 0 Å². The first-order valence-electron chi connectivity index (χ1n) is 5.59. The SMILES string of the molecule is CC1Cc2nc(-c3cn[nH]c3N)sc2C(C)O1. The molecule has 3 rings (SSSR count). The molecule has 0 aliphatic carbocycles. The summed E-state index contributed by atoms with van der Waals surface area (Å²) in [5, 5.41) is 7.58. The zero-order chi connectivity index (χ0) is 12.0. The van der Waals surface area contributed by atoms with Crippen LogP contribution in [0.4, 0.5) is 5.82 Å². The van der Waals surface area contributed by atoms with Gasteiger partial charge in [0.05, 0.1) is 34.5 Å². The van der Waals surface area contributed by atoms with Gasteiger partial charge in [0, 0.05) is 6.42 Å². The minimum absolute atomic E-state index is 0.119. The summed E-state index contributed by atoms with van der Waals surface area (Å²) in [5.41, 5.74) is 7.82. The quantitative estimate of drug-likeness (QED) is 0.813. The van der Waals surface area contributed by atoms with E-state index in [0.29, 0.717) is 5.82 Å². The first kappa shape index (κ1) is 10.7. The summed E-state index contributed by atoms with van der Waals surface area (Å²) in [4.78, 5) is 5.86. The molecular weight excluding hydrogens is 236 g/mol. The zero-order valence-corrected chi connectivity index (χ0v) is 10.5. The Balaban J connectivity index is 2.05. The molecule has 0 spiro atoms. The second-order valence-electron chi connectivity index (χ2n) is 4.32. The number of nitrogens with zero attached hydrogens (tertiary/aromatic N) is 2. The lowest BCUT2D eigenvalue weighted by molar-refractivity contribution is -0.00316. The maximum atomic E-state index is 5.81. The lowest BCUT2D eigenvalue weighted by Crippen LogP contribution is -2.20. The number of hydrogen-bond acceptors (Lipinski definition) is 5. The van der Waals surface area contributed by atoms with Gasteiger partial charge < -0.3 is 10.5 Å². The summed E-state index contributed by atoms with van der Waals surface area (Å²) >= 11 is 1.64. The van der Waals surface area contributed by atoms with E-state index in [2.05, 4.69) is 29.0 Å². The topological polar surface area (TPSA) is 76.8 Å². The largest absolute Gasteiger partial charge is 0.383 e. The lowest BCUT2D eigenvalue weighted by Gasteiger charge is -2.23. The first-order chi connectivity index (χ1) is 8.15. The van der Waals surface area contributed by atoms with Crippen LogP contribution in [0.5, 0.6) is 0 Å². The Bertz CT molecular complexity index is 547. The predicted molar refractivity (Wildman–Crippen MR) is 66.8 cm³/mol. The lowest BCUT2D eigenvalue weighted by atomic mass is 10.1. The van der Waals surface area contributed by atoms with Crippen molar-refractivity contribution in [3.8, 4) is 10.6 Å². The highest BCUT2D eigenvalue weighted by molar-refractivity contribution is 7.15. The number of nitrogen functional groups attached to an aromatic ring is 1. The minimum atomic E-state index is 0.119. The fourth-order valence-corrected chi connectivity index (χ4v) is 3.24. The molecule has 5 nitrogen and oxygen atoms in total. The van der Waals surface area contributed by atoms with Gasteiger partial charge in [0.15, 0.2) is 0 Å². The number of aromatic amines is 1. The number of nitrogens with one attached hydrogen (secondary N) is 1. The van der Waals surface area contributed by atoms with E-state index in [1.807, 2.05) is 0 Å². The van der Waals surface area contributed by atoms with E-state index >= 15 is 0 Å². The van der Waals surface area contributed by atoms with Crippen LogP contribution >= 0.6 is 11.3 Å². The van der Waals surface area contributed by atoms with E-state index in [1.165, 1.54) is 4.88 Å². The average Bonchev–Trinajstić information content (AvgIpc) is 2.83. The van der Waals surface area contributed by atoms with E-state index in [4.69, 9.17) is 10.5 Å². The third-order valence-electron chi connectivity index (χ3n) is 2.91. The van der Waals surface area contributed by atoms with Gasteiger partial charge in [0.1, 0.15) is 10.8 Å². The normalized spacial score (nSPS) is 23.6. The maximum Gasteiger partial charge on any atom is 0.129 e. The van der Waals surface area contributed by atoms with E-state index in [-0.39, 0.29) is 12.2 Å². The smallest absolute Gasteiger partial charge is 0.129 e. The molecule has 0 bridgehead atoms. The molecule has 0 saturated heterocycles. The molecule has 0 fully saturated rings. The van der Waals surface area contributed by atoms with E-state index in [0.717, 1.165) is 22.7 Å². The van der Waals surface area contributed by atoms with Crippen LogP contribution in [-0.2, 0) is 11.2 Å². The Labute approximate surface area is 103 Å². The van der Waals surface area contributed by atoms with Crippen molar-refractivity contribution in [3.05, 3.63) is 16.8 Å². The molecular formula is C11H14N4OS. The highest BCUT2D eigenvalue weighted by Crippen LogP contribution is 2.38. The van der Waals surface area contributed by atoms with E-state index < -0.39 is 0 Å². The van der Waals surface area contributed by atoms with Crippen molar-refractivity contribution in [3.63, 3.8) is 0 Å². The minimum Gasteiger partial charge on any atom is -0.383 e. The summed E-state index contributed by atoms with van der Waals surface area (Å²) in [6, 6.07) is 0. The van der Waals surface area contributed by atoms with Crippen LogP contribution in [0.25, 0.3) is 10.6 Å². The Hall–Kier alpha value is -1.40. The molecule has 1 aliphatic rings. The van der Waals surface area contributed by atoms with Gasteiger partial charge in [-0.1, -0.05) is 0 Å². The first-order valence-corrected chi connectivity index (χ1v) is 6.41.